The number of aliphatic imine (C=N–C) groups is 1. The van der Waals surface area contributed by atoms with E-state index in [0.717, 1.165) is 41.5 Å². The first-order chi connectivity index (χ1) is 8.45. The Morgan fingerprint density at radius 1 is 1.18 bits per heavy atom. The lowest BCUT2D eigenvalue weighted by molar-refractivity contribution is 0.743. The van der Waals surface area contributed by atoms with Crippen LogP contribution < -0.4 is 5.32 Å². The van der Waals surface area contributed by atoms with Crippen LogP contribution in [0.25, 0.3) is 11.3 Å². The highest BCUT2D eigenvalue weighted by atomic mass is 32.1. The van der Waals surface area contributed by atoms with E-state index in [1.54, 1.807) is 0 Å². The number of hydrogen-bond donors (Lipinski definition) is 1. The highest BCUT2D eigenvalue weighted by molar-refractivity contribution is 7.08. The Morgan fingerprint density at radius 3 is 2.82 bits per heavy atom. The second-order valence-corrected chi connectivity index (χ2v) is 4.58. The van der Waals surface area contributed by atoms with Crippen LogP contribution in [0, 0.1) is 0 Å². The van der Waals surface area contributed by atoms with Gasteiger partial charge in [0.2, 0.25) is 0 Å². The zero-order valence-electron chi connectivity index (χ0n) is 9.26. The Bertz CT molecular complexity index is 532. The van der Waals surface area contributed by atoms with E-state index >= 15 is 0 Å². The van der Waals surface area contributed by atoms with Crippen LogP contribution in [0.15, 0.2) is 35.3 Å². The van der Waals surface area contributed by atoms with Gasteiger partial charge in [0, 0.05) is 18.7 Å². The first-order valence-electron chi connectivity index (χ1n) is 5.61. The number of nitrogens with one attached hydrogen (secondary N) is 1. The van der Waals surface area contributed by atoms with Crippen LogP contribution in [-0.4, -0.2) is 28.5 Å². The summed E-state index contributed by atoms with van der Waals surface area (Å²) < 4.78 is 4.04. The minimum absolute atomic E-state index is 0.883. The molecule has 0 fully saturated rings. The lowest BCUT2D eigenvalue weighted by Gasteiger charge is -2.13. The van der Waals surface area contributed by atoms with Crippen LogP contribution in [0.5, 0.6) is 0 Å². The molecule has 2 aromatic rings. The SMILES string of the molecule is c1ccc(-c2nnsc2C2=NCCCN2)cc1. The maximum atomic E-state index is 4.49. The summed E-state index contributed by atoms with van der Waals surface area (Å²) in [5.41, 5.74) is 2.01. The molecule has 0 radical (unpaired) electrons. The fourth-order valence-corrected chi connectivity index (χ4v) is 2.49. The minimum Gasteiger partial charge on any atom is -0.369 e. The van der Waals surface area contributed by atoms with Crippen molar-refractivity contribution in [1.29, 1.82) is 0 Å². The van der Waals surface area contributed by atoms with Crippen molar-refractivity contribution in [2.75, 3.05) is 13.1 Å². The van der Waals surface area contributed by atoms with Crippen molar-refractivity contribution in [3.8, 4) is 11.3 Å². The van der Waals surface area contributed by atoms with Gasteiger partial charge in [-0.15, -0.1) is 5.10 Å². The summed E-state index contributed by atoms with van der Waals surface area (Å²) in [5.74, 6) is 0.935. The van der Waals surface area contributed by atoms with E-state index in [-0.39, 0.29) is 0 Å². The van der Waals surface area contributed by atoms with Gasteiger partial charge in [-0.1, -0.05) is 34.8 Å². The van der Waals surface area contributed by atoms with Crippen LogP contribution in [0.3, 0.4) is 0 Å². The fourth-order valence-electron chi connectivity index (χ4n) is 1.82. The van der Waals surface area contributed by atoms with Crippen LogP contribution in [-0.2, 0) is 0 Å². The van der Waals surface area contributed by atoms with Gasteiger partial charge in [-0.05, 0) is 18.0 Å². The second-order valence-electron chi connectivity index (χ2n) is 3.83. The van der Waals surface area contributed by atoms with Gasteiger partial charge in [-0.2, -0.15) is 0 Å². The van der Waals surface area contributed by atoms with Gasteiger partial charge in [-0.3, -0.25) is 4.99 Å². The van der Waals surface area contributed by atoms with E-state index in [1.165, 1.54) is 11.5 Å². The minimum atomic E-state index is 0.883. The number of benzene rings is 1. The van der Waals surface area contributed by atoms with Crippen LogP contribution in [0.4, 0.5) is 0 Å². The van der Waals surface area contributed by atoms with E-state index in [2.05, 4.69) is 19.9 Å². The molecule has 0 spiro atoms. The molecule has 0 saturated carbocycles. The monoisotopic (exact) mass is 244 g/mol. The maximum absolute atomic E-state index is 4.49. The Kier molecular flexibility index (Phi) is 2.83. The summed E-state index contributed by atoms with van der Waals surface area (Å²) in [6.07, 6.45) is 1.09. The van der Waals surface area contributed by atoms with Gasteiger partial charge in [0.25, 0.3) is 0 Å². The summed E-state index contributed by atoms with van der Waals surface area (Å²) in [7, 11) is 0. The topological polar surface area (TPSA) is 50.2 Å². The molecule has 1 aromatic carbocycles. The molecule has 0 amide bonds. The average molecular weight is 244 g/mol. The summed E-state index contributed by atoms with van der Waals surface area (Å²) in [5, 5.41) is 7.52. The molecule has 17 heavy (non-hydrogen) atoms. The third-order valence-electron chi connectivity index (χ3n) is 2.65. The summed E-state index contributed by atoms with van der Waals surface area (Å²) in [6.45, 7) is 1.86. The van der Waals surface area contributed by atoms with Crippen molar-refractivity contribution >= 4 is 17.4 Å². The number of rotatable bonds is 2. The largest absolute Gasteiger partial charge is 0.369 e. The lowest BCUT2D eigenvalue weighted by atomic mass is 10.1. The molecule has 0 saturated heterocycles. The molecule has 0 bridgehead atoms. The Hall–Kier alpha value is -1.75. The summed E-state index contributed by atoms with van der Waals surface area (Å²) >= 11 is 1.40. The standard InChI is InChI=1S/C12H12N4S/c1-2-5-9(6-3-1)10-11(17-16-15-10)12-13-7-4-8-14-12/h1-3,5-6H,4,7-8H2,(H,13,14). The maximum Gasteiger partial charge on any atom is 0.142 e. The van der Waals surface area contributed by atoms with Gasteiger partial charge < -0.3 is 5.32 Å². The number of amidine groups is 1. The normalized spacial score (nSPS) is 15.2. The average Bonchev–Trinajstić information content (AvgIpc) is 2.90. The van der Waals surface area contributed by atoms with E-state index in [0.29, 0.717) is 0 Å². The van der Waals surface area contributed by atoms with Crippen molar-refractivity contribution in [2.45, 2.75) is 6.42 Å². The van der Waals surface area contributed by atoms with Crippen LogP contribution in [0.2, 0.25) is 0 Å². The zero-order valence-corrected chi connectivity index (χ0v) is 10.1. The molecule has 86 valence electrons. The molecule has 0 aliphatic carbocycles. The molecule has 5 heteroatoms. The molecule has 1 aliphatic rings. The molecule has 1 aromatic heterocycles. The molecule has 4 nitrogen and oxygen atoms in total. The smallest absolute Gasteiger partial charge is 0.142 e. The molecule has 0 unspecified atom stereocenters. The fraction of sp³-hybridized carbons (Fsp3) is 0.250. The third kappa shape index (κ3) is 2.06. The molecule has 3 rings (SSSR count). The summed E-state index contributed by atoms with van der Waals surface area (Å²) in [6, 6.07) is 10.1. The Labute approximate surface area is 104 Å². The van der Waals surface area contributed by atoms with Gasteiger partial charge in [0.15, 0.2) is 0 Å². The lowest BCUT2D eigenvalue weighted by Crippen LogP contribution is -2.29. The Balaban J connectivity index is 2.02. The first-order valence-corrected chi connectivity index (χ1v) is 6.39. The quantitative estimate of drug-likeness (QED) is 0.878. The number of hydrogen-bond acceptors (Lipinski definition) is 5. The predicted octanol–water partition coefficient (Wildman–Crippen LogP) is 1.94. The Morgan fingerprint density at radius 2 is 2.06 bits per heavy atom. The number of aromatic nitrogens is 2. The van der Waals surface area contributed by atoms with Gasteiger partial charge in [-0.25, -0.2) is 0 Å². The predicted molar refractivity (Wildman–Crippen MR) is 69.4 cm³/mol. The van der Waals surface area contributed by atoms with Gasteiger partial charge in [0.05, 0.1) is 0 Å². The van der Waals surface area contributed by atoms with Crippen LogP contribution in [0.1, 0.15) is 11.3 Å². The molecular weight excluding hydrogens is 232 g/mol. The highest BCUT2D eigenvalue weighted by Crippen LogP contribution is 2.24. The van der Waals surface area contributed by atoms with Gasteiger partial charge in [0.1, 0.15) is 16.4 Å². The molecule has 0 atom stereocenters. The molecular formula is C12H12N4S. The van der Waals surface area contributed by atoms with Crippen molar-refractivity contribution in [3.63, 3.8) is 0 Å². The van der Waals surface area contributed by atoms with Crippen molar-refractivity contribution in [3.05, 3.63) is 35.2 Å². The molecule has 2 heterocycles. The van der Waals surface area contributed by atoms with Crippen molar-refractivity contribution < 1.29 is 0 Å². The third-order valence-corrected chi connectivity index (χ3v) is 3.38. The zero-order chi connectivity index (χ0) is 11.5. The van der Waals surface area contributed by atoms with E-state index in [1.807, 2.05) is 30.3 Å². The van der Waals surface area contributed by atoms with Crippen LogP contribution >= 0.6 is 11.5 Å². The highest BCUT2D eigenvalue weighted by Gasteiger charge is 2.16. The van der Waals surface area contributed by atoms with E-state index in [4.69, 9.17) is 0 Å². The van der Waals surface area contributed by atoms with E-state index in [9.17, 15) is 0 Å². The first kappa shape index (κ1) is 10.4. The van der Waals surface area contributed by atoms with E-state index < -0.39 is 0 Å². The second kappa shape index (κ2) is 4.63. The molecule has 1 aliphatic heterocycles. The summed E-state index contributed by atoms with van der Waals surface area (Å²) in [4.78, 5) is 5.53. The van der Waals surface area contributed by atoms with Crippen molar-refractivity contribution in [1.82, 2.24) is 14.9 Å². The van der Waals surface area contributed by atoms with Gasteiger partial charge >= 0.3 is 0 Å². The molecule has 1 N–H and O–H groups in total. The van der Waals surface area contributed by atoms with Crippen molar-refractivity contribution in [2.24, 2.45) is 4.99 Å². The number of nitrogens with zero attached hydrogens (tertiary/aromatic N) is 3.